The largest absolute Gasteiger partial charge is 0.363 e. The van der Waals surface area contributed by atoms with Gasteiger partial charge in [0.1, 0.15) is 16.8 Å². The van der Waals surface area contributed by atoms with Crippen molar-refractivity contribution in [2.75, 3.05) is 5.32 Å². The predicted octanol–water partition coefficient (Wildman–Crippen LogP) is 4.63. The van der Waals surface area contributed by atoms with Gasteiger partial charge in [0.25, 0.3) is 0 Å². The molecule has 0 radical (unpaired) electrons. The van der Waals surface area contributed by atoms with Crippen LogP contribution in [0.2, 0.25) is 5.15 Å². The molecule has 1 aliphatic carbocycles. The monoisotopic (exact) mass is 307 g/mol. The van der Waals surface area contributed by atoms with Gasteiger partial charge < -0.3 is 5.32 Å². The van der Waals surface area contributed by atoms with Crippen LogP contribution in [0.3, 0.4) is 0 Å². The van der Waals surface area contributed by atoms with E-state index in [2.05, 4.69) is 33.7 Å². The molecule has 1 N–H and O–H groups in total. The number of rotatable bonds is 4. The van der Waals surface area contributed by atoms with E-state index in [4.69, 9.17) is 11.6 Å². The van der Waals surface area contributed by atoms with E-state index in [1.54, 1.807) is 0 Å². The number of hydrogen-bond acceptors (Lipinski definition) is 4. The van der Waals surface area contributed by atoms with Crippen molar-refractivity contribution in [3.05, 3.63) is 38.9 Å². The molecule has 106 valence electrons. The Bertz CT molecular complexity index is 597. The van der Waals surface area contributed by atoms with Gasteiger partial charge >= 0.3 is 0 Å². The molecule has 2 aromatic heterocycles. The van der Waals surface area contributed by atoms with E-state index >= 15 is 0 Å². The second-order valence-electron chi connectivity index (χ2n) is 5.13. The van der Waals surface area contributed by atoms with Crippen molar-refractivity contribution in [2.45, 2.75) is 45.1 Å². The van der Waals surface area contributed by atoms with E-state index in [1.807, 2.05) is 17.4 Å². The molecule has 1 aliphatic rings. The second kappa shape index (κ2) is 6.10. The molecule has 2 heterocycles. The molecule has 0 amide bonds. The maximum Gasteiger partial charge on any atom is 0.134 e. The Labute approximate surface area is 128 Å². The van der Waals surface area contributed by atoms with Crippen LogP contribution >= 0.6 is 22.9 Å². The summed E-state index contributed by atoms with van der Waals surface area (Å²) < 4.78 is 0. The fourth-order valence-electron chi connectivity index (χ4n) is 2.69. The van der Waals surface area contributed by atoms with Gasteiger partial charge in [-0.05, 0) is 42.7 Å². The maximum absolute atomic E-state index is 6.09. The van der Waals surface area contributed by atoms with Crippen LogP contribution in [0.4, 0.5) is 5.82 Å². The smallest absolute Gasteiger partial charge is 0.134 e. The van der Waals surface area contributed by atoms with E-state index in [0.29, 0.717) is 11.2 Å². The van der Waals surface area contributed by atoms with Gasteiger partial charge in [-0.25, -0.2) is 9.97 Å². The van der Waals surface area contributed by atoms with Crippen LogP contribution in [0, 0.1) is 0 Å². The fourth-order valence-corrected chi connectivity index (χ4v) is 3.88. The minimum absolute atomic E-state index is 0.352. The van der Waals surface area contributed by atoms with E-state index in [-0.39, 0.29) is 0 Å². The zero-order valence-electron chi connectivity index (χ0n) is 11.5. The maximum atomic E-state index is 6.09. The Hall–Kier alpha value is -1.13. The van der Waals surface area contributed by atoms with Gasteiger partial charge in [0.15, 0.2) is 0 Å². The Morgan fingerprint density at radius 3 is 3.20 bits per heavy atom. The Kier molecular flexibility index (Phi) is 4.22. The Balaban J connectivity index is 1.82. The molecule has 3 nitrogen and oxygen atoms in total. The van der Waals surface area contributed by atoms with Crippen molar-refractivity contribution >= 4 is 28.8 Å². The van der Waals surface area contributed by atoms with Gasteiger partial charge in [-0.3, -0.25) is 0 Å². The average molecular weight is 308 g/mol. The lowest BCUT2D eigenvalue weighted by Crippen LogP contribution is -2.17. The van der Waals surface area contributed by atoms with Crippen LogP contribution in [-0.2, 0) is 12.8 Å². The summed E-state index contributed by atoms with van der Waals surface area (Å²) in [5, 5.41) is 6.24. The molecular weight excluding hydrogens is 290 g/mol. The first-order valence-corrected chi connectivity index (χ1v) is 8.38. The van der Waals surface area contributed by atoms with Crippen molar-refractivity contribution in [1.82, 2.24) is 9.97 Å². The number of halogens is 1. The lowest BCUT2D eigenvalue weighted by molar-refractivity contribution is 0.606. The predicted molar refractivity (Wildman–Crippen MR) is 84.7 cm³/mol. The molecular formula is C15H18ClN3S. The zero-order valence-corrected chi connectivity index (χ0v) is 13.1. The molecule has 1 unspecified atom stereocenters. The normalized spacial score (nSPS) is 17.8. The summed E-state index contributed by atoms with van der Waals surface area (Å²) in [6.45, 7) is 2.12. The molecule has 0 saturated carbocycles. The average Bonchev–Trinajstić information content (AvgIpc) is 2.88. The first kappa shape index (κ1) is 13.8. The molecule has 2 aromatic rings. The van der Waals surface area contributed by atoms with Gasteiger partial charge in [0.05, 0.1) is 6.04 Å². The lowest BCUT2D eigenvalue weighted by Gasteiger charge is -2.24. The van der Waals surface area contributed by atoms with Gasteiger partial charge in [-0.15, -0.1) is 11.3 Å². The number of thiophene rings is 1. The lowest BCUT2D eigenvalue weighted by atomic mass is 9.94. The molecule has 0 bridgehead atoms. The van der Waals surface area contributed by atoms with Crippen LogP contribution < -0.4 is 5.32 Å². The number of hydrogen-bond donors (Lipinski definition) is 1. The van der Waals surface area contributed by atoms with E-state index in [0.717, 1.165) is 30.9 Å². The summed E-state index contributed by atoms with van der Waals surface area (Å²) in [5.41, 5.74) is 1.42. The van der Waals surface area contributed by atoms with Gasteiger partial charge in [0.2, 0.25) is 0 Å². The summed E-state index contributed by atoms with van der Waals surface area (Å²) in [7, 11) is 0. The highest BCUT2D eigenvalue weighted by molar-refractivity contribution is 7.10. The standard InChI is InChI=1S/C15H18ClN3S/c1-2-4-14-18-13(16)9-15(19-14)17-11-5-3-6-12-10(11)7-8-20-12/h7-9,11H,2-6H2,1H3,(H,17,18,19). The van der Waals surface area contributed by atoms with Crippen LogP contribution in [-0.4, -0.2) is 9.97 Å². The quantitative estimate of drug-likeness (QED) is 0.837. The highest BCUT2D eigenvalue weighted by atomic mass is 35.5. The van der Waals surface area contributed by atoms with E-state index in [1.165, 1.54) is 23.3 Å². The van der Waals surface area contributed by atoms with Crippen molar-refractivity contribution in [1.29, 1.82) is 0 Å². The highest BCUT2D eigenvalue weighted by Gasteiger charge is 2.21. The van der Waals surface area contributed by atoms with Crippen LogP contribution in [0.5, 0.6) is 0 Å². The fraction of sp³-hybridized carbons (Fsp3) is 0.467. The van der Waals surface area contributed by atoms with Crippen molar-refractivity contribution < 1.29 is 0 Å². The SMILES string of the molecule is CCCc1nc(Cl)cc(NC2CCCc3sccc32)n1. The van der Waals surface area contributed by atoms with Crippen molar-refractivity contribution in [3.8, 4) is 0 Å². The molecule has 0 spiro atoms. The summed E-state index contributed by atoms with van der Waals surface area (Å²) in [6.07, 6.45) is 5.47. The Morgan fingerprint density at radius 1 is 1.45 bits per heavy atom. The van der Waals surface area contributed by atoms with E-state index in [9.17, 15) is 0 Å². The number of anilines is 1. The molecule has 0 saturated heterocycles. The number of nitrogens with one attached hydrogen (secondary N) is 1. The summed E-state index contributed by atoms with van der Waals surface area (Å²) in [6, 6.07) is 4.40. The third-order valence-electron chi connectivity index (χ3n) is 3.59. The molecule has 1 atom stereocenters. The highest BCUT2D eigenvalue weighted by Crippen LogP contribution is 2.35. The summed E-state index contributed by atoms with van der Waals surface area (Å²) in [4.78, 5) is 10.3. The summed E-state index contributed by atoms with van der Waals surface area (Å²) >= 11 is 7.95. The molecule has 20 heavy (non-hydrogen) atoms. The van der Waals surface area contributed by atoms with Gasteiger partial charge in [-0.2, -0.15) is 0 Å². The number of nitrogens with zero attached hydrogens (tertiary/aromatic N) is 2. The minimum atomic E-state index is 0.352. The molecule has 0 fully saturated rings. The Morgan fingerprint density at radius 2 is 2.35 bits per heavy atom. The molecule has 5 heteroatoms. The molecule has 0 aromatic carbocycles. The topological polar surface area (TPSA) is 37.8 Å². The van der Waals surface area contributed by atoms with Gasteiger partial charge in [0, 0.05) is 17.4 Å². The van der Waals surface area contributed by atoms with Crippen LogP contribution in [0.25, 0.3) is 0 Å². The van der Waals surface area contributed by atoms with Crippen molar-refractivity contribution in [3.63, 3.8) is 0 Å². The van der Waals surface area contributed by atoms with Crippen LogP contribution in [0.15, 0.2) is 17.5 Å². The zero-order chi connectivity index (χ0) is 13.9. The number of fused-ring (bicyclic) bond motifs is 1. The minimum Gasteiger partial charge on any atom is -0.363 e. The van der Waals surface area contributed by atoms with Crippen molar-refractivity contribution in [2.24, 2.45) is 0 Å². The number of aromatic nitrogens is 2. The van der Waals surface area contributed by atoms with Crippen LogP contribution in [0.1, 0.15) is 48.5 Å². The summed E-state index contributed by atoms with van der Waals surface area (Å²) in [5.74, 6) is 1.67. The second-order valence-corrected chi connectivity index (χ2v) is 6.52. The number of aryl methyl sites for hydroxylation is 2. The first-order valence-electron chi connectivity index (χ1n) is 7.12. The molecule has 0 aliphatic heterocycles. The first-order chi connectivity index (χ1) is 9.76. The molecule has 3 rings (SSSR count). The van der Waals surface area contributed by atoms with Gasteiger partial charge in [-0.1, -0.05) is 18.5 Å². The van der Waals surface area contributed by atoms with E-state index < -0.39 is 0 Å². The third kappa shape index (κ3) is 2.96. The third-order valence-corrected chi connectivity index (χ3v) is 4.78.